The van der Waals surface area contributed by atoms with Crippen molar-refractivity contribution in [2.45, 2.75) is 0 Å². The molecule has 0 aliphatic carbocycles. The molecule has 0 atom stereocenters. The van der Waals surface area contributed by atoms with E-state index in [1.165, 1.54) is 23.5 Å². The summed E-state index contributed by atoms with van der Waals surface area (Å²) in [5.74, 6) is 1.47. The molecule has 0 N–H and O–H groups in total. The van der Waals surface area contributed by atoms with Gasteiger partial charge >= 0.3 is 0 Å². The molecule has 3 aromatic heterocycles. The molecule has 0 aliphatic heterocycles. The molecule has 5 aromatic rings. The zero-order chi connectivity index (χ0) is 19.1. The minimum atomic E-state index is -0.435. The van der Waals surface area contributed by atoms with Crippen molar-refractivity contribution >= 4 is 22.0 Å². The van der Waals surface area contributed by atoms with Crippen LogP contribution in [0.4, 0.5) is 5.69 Å². The van der Waals surface area contributed by atoms with Crippen LogP contribution in [0.1, 0.15) is 0 Å². The second kappa shape index (κ2) is 6.39. The van der Waals surface area contributed by atoms with E-state index in [4.69, 9.17) is 4.42 Å². The van der Waals surface area contributed by atoms with Gasteiger partial charge in [-0.1, -0.05) is 53.8 Å². The maximum atomic E-state index is 11.0. The third-order valence-electron chi connectivity index (χ3n) is 4.18. The number of fused-ring (bicyclic) bond motifs is 1. The van der Waals surface area contributed by atoms with Crippen molar-refractivity contribution in [1.82, 2.24) is 19.8 Å². The molecule has 3 heterocycles. The molecule has 0 aliphatic rings. The molecule has 8 nitrogen and oxygen atoms in total. The largest absolute Gasteiger partial charge is 0.453 e. The van der Waals surface area contributed by atoms with E-state index in [0.29, 0.717) is 27.9 Å². The van der Waals surface area contributed by atoms with E-state index in [-0.39, 0.29) is 5.69 Å². The highest BCUT2D eigenvalue weighted by atomic mass is 32.1. The summed E-state index contributed by atoms with van der Waals surface area (Å²) >= 11 is 1.44. The monoisotopic (exact) mass is 389 g/mol. The van der Waals surface area contributed by atoms with Gasteiger partial charge in [0.2, 0.25) is 10.8 Å². The van der Waals surface area contributed by atoms with Crippen LogP contribution in [0.25, 0.3) is 38.4 Å². The Labute approximate surface area is 161 Å². The Balaban J connectivity index is 1.54. The van der Waals surface area contributed by atoms with Crippen molar-refractivity contribution in [3.63, 3.8) is 0 Å². The van der Waals surface area contributed by atoms with Crippen molar-refractivity contribution in [2.24, 2.45) is 0 Å². The van der Waals surface area contributed by atoms with Gasteiger partial charge in [-0.3, -0.25) is 10.1 Å². The van der Waals surface area contributed by atoms with Gasteiger partial charge in [-0.25, -0.2) is 0 Å². The highest BCUT2D eigenvalue weighted by Gasteiger charge is 2.18. The minimum Gasteiger partial charge on any atom is -0.453 e. The molecule has 0 saturated heterocycles. The lowest BCUT2D eigenvalue weighted by Crippen LogP contribution is -1.89. The summed E-state index contributed by atoms with van der Waals surface area (Å²) in [5.41, 5.74) is 1.62. The molecular formula is C19H11N5O3S. The standard InChI is InChI=1S/C19H11N5O3S/c25-24(26)14-8-4-7-13(11-14)15-9-10-16(27-15)17-20-21-19-23(17)22-18(28-19)12-5-2-1-3-6-12/h1-11H. The number of nitro benzene ring substituents is 1. The quantitative estimate of drug-likeness (QED) is 0.327. The first-order chi connectivity index (χ1) is 13.7. The van der Waals surface area contributed by atoms with E-state index >= 15 is 0 Å². The van der Waals surface area contributed by atoms with Gasteiger partial charge in [0, 0.05) is 23.3 Å². The van der Waals surface area contributed by atoms with Crippen LogP contribution >= 0.6 is 11.3 Å². The summed E-state index contributed by atoms with van der Waals surface area (Å²) in [6, 6.07) is 19.6. The van der Waals surface area contributed by atoms with E-state index in [2.05, 4.69) is 15.3 Å². The van der Waals surface area contributed by atoms with Gasteiger partial charge < -0.3 is 4.42 Å². The number of non-ortho nitro benzene ring substituents is 1. The van der Waals surface area contributed by atoms with E-state index in [1.807, 2.05) is 30.3 Å². The number of benzene rings is 2. The van der Waals surface area contributed by atoms with Crippen molar-refractivity contribution in [2.75, 3.05) is 0 Å². The van der Waals surface area contributed by atoms with Crippen LogP contribution in [0.3, 0.4) is 0 Å². The Bertz CT molecular complexity index is 1310. The molecule has 0 unspecified atom stereocenters. The lowest BCUT2D eigenvalue weighted by atomic mass is 10.1. The number of hydrogen-bond donors (Lipinski definition) is 0. The highest BCUT2D eigenvalue weighted by molar-refractivity contribution is 7.19. The first kappa shape index (κ1) is 16.3. The fourth-order valence-electron chi connectivity index (χ4n) is 2.85. The SMILES string of the molecule is O=[N+]([O-])c1cccc(-c2ccc(-c3nnc4sc(-c5ccccc5)nn34)o2)c1. The van der Waals surface area contributed by atoms with Gasteiger partial charge in [0.1, 0.15) is 10.8 Å². The number of nitrogens with zero attached hydrogens (tertiary/aromatic N) is 5. The molecule has 0 fully saturated rings. The summed E-state index contributed by atoms with van der Waals surface area (Å²) in [5, 5.41) is 24.8. The molecule has 0 radical (unpaired) electrons. The van der Waals surface area contributed by atoms with Gasteiger partial charge in [0.05, 0.1) is 4.92 Å². The number of rotatable bonds is 4. The molecule has 2 aromatic carbocycles. The maximum Gasteiger partial charge on any atom is 0.270 e. The predicted octanol–water partition coefficient (Wildman–Crippen LogP) is 4.69. The normalized spacial score (nSPS) is 11.1. The molecule has 28 heavy (non-hydrogen) atoms. The van der Waals surface area contributed by atoms with Gasteiger partial charge in [-0.15, -0.1) is 10.2 Å². The fourth-order valence-corrected chi connectivity index (χ4v) is 3.70. The molecule has 0 saturated carbocycles. The Morgan fingerprint density at radius 3 is 2.54 bits per heavy atom. The molecule has 136 valence electrons. The summed E-state index contributed by atoms with van der Waals surface area (Å²) in [7, 11) is 0. The number of furan rings is 1. The van der Waals surface area contributed by atoms with Crippen LogP contribution in [0.5, 0.6) is 0 Å². The minimum absolute atomic E-state index is 0.00678. The third kappa shape index (κ3) is 2.74. The number of hydrogen-bond acceptors (Lipinski definition) is 7. The average Bonchev–Trinajstić information content (AvgIpc) is 3.44. The Morgan fingerprint density at radius 1 is 0.929 bits per heavy atom. The number of nitro groups is 1. The van der Waals surface area contributed by atoms with Crippen molar-refractivity contribution < 1.29 is 9.34 Å². The number of aromatic nitrogens is 4. The van der Waals surface area contributed by atoms with Crippen LogP contribution in [-0.4, -0.2) is 24.7 Å². The van der Waals surface area contributed by atoms with E-state index in [1.54, 1.807) is 28.8 Å². The van der Waals surface area contributed by atoms with Gasteiger partial charge in [0.15, 0.2) is 5.76 Å². The lowest BCUT2D eigenvalue weighted by Gasteiger charge is -1.97. The molecule has 0 bridgehead atoms. The highest BCUT2D eigenvalue weighted by Crippen LogP contribution is 2.31. The van der Waals surface area contributed by atoms with Crippen LogP contribution < -0.4 is 0 Å². The summed E-state index contributed by atoms with van der Waals surface area (Å²) in [6.07, 6.45) is 0. The average molecular weight is 389 g/mol. The third-order valence-corrected chi connectivity index (χ3v) is 5.13. The molecule has 0 spiro atoms. The zero-order valence-corrected chi connectivity index (χ0v) is 15.0. The summed E-state index contributed by atoms with van der Waals surface area (Å²) < 4.78 is 7.53. The first-order valence-corrected chi connectivity index (χ1v) is 9.13. The molecule has 9 heteroatoms. The second-order valence-corrected chi connectivity index (χ2v) is 6.92. The van der Waals surface area contributed by atoms with Crippen molar-refractivity contribution in [1.29, 1.82) is 0 Å². The molecule has 0 amide bonds. The smallest absolute Gasteiger partial charge is 0.270 e. The van der Waals surface area contributed by atoms with E-state index < -0.39 is 4.92 Å². The molecule has 5 rings (SSSR count). The van der Waals surface area contributed by atoms with Crippen molar-refractivity contribution in [3.8, 4) is 33.5 Å². The Morgan fingerprint density at radius 2 is 1.71 bits per heavy atom. The summed E-state index contributed by atoms with van der Waals surface area (Å²) in [4.78, 5) is 11.2. The Hall–Kier alpha value is -3.85. The fraction of sp³-hybridized carbons (Fsp3) is 0. The second-order valence-electron chi connectivity index (χ2n) is 5.96. The zero-order valence-electron chi connectivity index (χ0n) is 14.2. The van der Waals surface area contributed by atoms with Crippen LogP contribution in [0.15, 0.2) is 71.1 Å². The summed E-state index contributed by atoms with van der Waals surface area (Å²) in [6.45, 7) is 0. The molecular weight excluding hydrogens is 378 g/mol. The lowest BCUT2D eigenvalue weighted by molar-refractivity contribution is -0.384. The van der Waals surface area contributed by atoms with Crippen LogP contribution in [-0.2, 0) is 0 Å². The maximum absolute atomic E-state index is 11.0. The van der Waals surface area contributed by atoms with Crippen molar-refractivity contribution in [3.05, 3.63) is 76.8 Å². The van der Waals surface area contributed by atoms with E-state index in [0.717, 1.165) is 10.6 Å². The first-order valence-electron chi connectivity index (χ1n) is 8.32. The topological polar surface area (TPSA) is 99.4 Å². The Kier molecular flexibility index (Phi) is 3.73. The predicted molar refractivity (Wildman–Crippen MR) is 104 cm³/mol. The van der Waals surface area contributed by atoms with Gasteiger partial charge in [-0.05, 0) is 12.1 Å². The van der Waals surface area contributed by atoms with Gasteiger partial charge in [-0.2, -0.15) is 9.61 Å². The van der Waals surface area contributed by atoms with Gasteiger partial charge in [0.25, 0.3) is 5.69 Å². The van der Waals surface area contributed by atoms with Crippen LogP contribution in [0.2, 0.25) is 0 Å². The van der Waals surface area contributed by atoms with Crippen LogP contribution in [0, 0.1) is 10.1 Å². The van der Waals surface area contributed by atoms with E-state index in [9.17, 15) is 10.1 Å².